The summed E-state index contributed by atoms with van der Waals surface area (Å²) in [7, 11) is 0. The maximum Gasteiger partial charge on any atom is 0.309 e. The highest BCUT2D eigenvalue weighted by atomic mass is 32.2. The molecule has 5 nitrogen and oxygen atoms in total. The Morgan fingerprint density at radius 1 is 1.69 bits per heavy atom. The van der Waals surface area contributed by atoms with Gasteiger partial charge in [0.2, 0.25) is 0 Å². The van der Waals surface area contributed by atoms with E-state index in [1.165, 1.54) is 29.2 Å². The fourth-order valence-corrected chi connectivity index (χ4v) is 1.85. The molecule has 0 saturated heterocycles. The highest BCUT2D eigenvalue weighted by Gasteiger charge is 2.07. The van der Waals surface area contributed by atoms with Gasteiger partial charge >= 0.3 is 5.97 Å². The van der Waals surface area contributed by atoms with E-state index >= 15 is 0 Å². The van der Waals surface area contributed by atoms with Crippen molar-refractivity contribution in [2.45, 2.75) is 6.42 Å². The molecule has 16 heavy (non-hydrogen) atoms. The first kappa shape index (κ1) is 12.7. The Morgan fingerprint density at radius 2 is 2.44 bits per heavy atom. The van der Waals surface area contributed by atoms with E-state index in [4.69, 9.17) is 5.11 Å². The number of carbonyl (C=O) groups is 2. The molecule has 0 fully saturated rings. The molecule has 2 N–H and O–H groups in total. The Morgan fingerprint density at radius 3 is 3.06 bits per heavy atom. The number of carboxylic acids is 1. The van der Waals surface area contributed by atoms with Crippen LogP contribution in [-0.4, -0.2) is 28.2 Å². The van der Waals surface area contributed by atoms with Crippen molar-refractivity contribution in [3.05, 3.63) is 22.6 Å². The first-order chi connectivity index (χ1) is 7.61. The summed E-state index contributed by atoms with van der Waals surface area (Å²) in [6, 6.07) is 0. The number of carbonyl (C=O) groups excluding carboxylic acids is 1. The molecule has 0 unspecified atom stereocenters. The van der Waals surface area contributed by atoms with Crippen LogP contribution >= 0.6 is 23.1 Å². The van der Waals surface area contributed by atoms with Gasteiger partial charge in [0.1, 0.15) is 0 Å². The number of hydrogen-bond donors (Lipinski definition) is 2. The highest BCUT2D eigenvalue weighted by Crippen LogP contribution is 2.15. The van der Waals surface area contributed by atoms with Gasteiger partial charge in [0.25, 0.3) is 5.91 Å². The molecule has 1 rings (SSSR count). The molecule has 0 saturated carbocycles. The monoisotopic (exact) mass is 258 g/mol. The van der Waals surface area contributed by atoms with Gasteiger partial charge in [0.15, 0.2) is 5.13 Å². The average Bonchev–Trinajstić information content (AvgIpc) is 2.61. The lowest BCUT2D eigenvalue weighted by Gasteiger charge is -1.94. The lowest BCUT2D eigenvalue weighted by atomic mass is 10.3. The molecule has 0 atom stereocenters. The van der Waals surface area contributed by atoms with Crippen LogP contribution in [0.1, 0.15) is 5.69 Å². The van der Waals surface area contributed by atoms with Crippen molar-refractivity contribution >= 4 is 40.1 Å². The minimum atomic E-state index is -0.939. The lowest BCUT2D eigenvalue weighted by molar-refractivity contribution is -0.136. The Kier molecular flexibility index (Phi) is 5.00. The number of aliphatic carboxylic acids is 1. The van der Waals surface area contributed by atoms with Crippen LogP contribution in [0.5, 0.6) is 0 Å². The first-order valence-corrected chi connectivity index (χ1v) is 6.45. The van der Waals surface area contributed by atoms with Gasteiger partial charge < -0.3 is 5.11 Å². The molecule has 86 valence electrons. The zero-order valence-corrected chi connectivity index (χ0v) is 10.1. The fourth-order valence-electron chi connectivity index (χ4n) is 0.877. The second kappa shape index (κ2) is 6.29. The third kappa shape index (κ3) is 4.45. The van der Waals surface area contributed by atoms with E-state index in [1.807, 2.05) is 6.26 Å². The van der Waals surface area contributed by atoms with Crippen LogP contribution in [0, 0.1) is 0 Å². The van der Waals surface area contributed by atoms with Crippen molar-refractivity contribution < 1.29 is 14.7 Å². The number of nitrogens with zero attached hydrogens (tertiary/aromatic N) is 1. The van der Waals surface area contributed by atoms with Gasteiger partial charge in [-0.3, -0.25) is 14.9 Å². The molecule has 0 radical (unpaired) electrons. The largest absolute Gasteiger partial charge is 0.481 e. The molecule has 1 amide bonds. The summed E-state index contributed by atoms with van der Waals surface area (Å²) in [5.41, 5.74) is 0.446. The number of amides is 1. The van der Waals surface area contributed by atoms with Crippen LogP contribution in [0.4, 0.5) is 5.13 Å². The number of thiazole rings is 1. The van der Waals surface area contributed by atoms with Gasteiger partial charge in [-0.15, -0.1) is 23.1 Å². The van der Waals surface area contributed by atoms with Crippen molar-refractivity contribution in [1.82, 2.24) is 4.98 Å². The summed E-state index contributed by atoms with van der Waals surface area (Å²) in [4.78, 5) is 25.6. The molecule has 0 aromatic carbocycles. The predicted molar refractivity (Wildman–Crippen MR) is 64.7 cm³/mol. The van der Waals surface area contributed by atoms with E-state index in [1.54, 1.807) is 10.8 Å². The first-order valence-electron chi connectivity index (χ1n) is 4.28. The Labute approximate surface area is 101 Å². The van der Waals surface area contributed by atoms with E-state index in [9.17, 15) is 9.59 Å². The molecule has 1 aromatic rings. The average molecular weight is 258 g/mol. The zero-order valence-electron chi connectivity index (χ0n) is 8.47. The normalized spacial score (nSPS) is 10.6. The molecule has 7 heteroatoms. The third-order valence-electron chi connectivity index (χ3n) is 1.47. The van der Waals surface area contributed by atoms with Crippen LogP contribution in [0.3, 0.4) is 0 Å². The summed E-state index contributed by atoms with van der Waals surface area (Å²) in [5, 5.41) is 14.8. The summed E-state index contributed by atoms with van der Waals surface area (Å²) >= 11 is 2.62. The molecule has 0 spiro atoms. The molecule has 0 aliphatic heterocycles. The van der Waals surface area contributed by atoms with Crippen molar-refractivity contribution in [2.75, 3.05) is 11.6 Å². The van der Waals surface area contributed by atoms with Crippen molar-refractivity contribution in [2.24, 2.45) is 0 Å². The summed E-state index contributed by atoms with van der Waals surface area (Å²) < 4.78 is 0. The second-order valence-corrected chi connectivity index (χ2v) is 4.34. The highest BCUT2D eigenvalue weighted by molar-refractivity contribution is 8.01. The van der Waals surface area contributed by atoms with Crippen LogP contribution in [0.15, 0.2) is 16.9 Å². The lowest BCUT2D eigenvalue weighted by Crippen LogP contribution is -2.07. The summed E-state index contributed by atoms with van der Waals surface area (Å²) in [6.45, 7) is 0. The molecule has 1 aromatic heterocycles. The number of anilines is 1. The van der Waals surface area contributed by atoms with E-state index < -0.39 is 5.97 Å². The number of rotatable bonds is 5. The second-order valence-electron chi connectivity index (χ2n) is 2.74. The minimum absolute atomic E-state index is 0.132. The Hall–Kier alpha value is -1.34. The number of aromatic nitrogens is 1. The van der Waals surface area contributed by atoms with Crippen LogP contribution in [-0.2, 0) is 16.0 Å². The van der Waals surface area contributed by atoms with Crippen molar-refractivity contribution in [3.63, 3.8) is 0 Å². The quantitative estimate of drug-likeness (QED) is 0.784. The standard InChI is InChI=1S/C9H10N2O3S2/c1-15-3-2-7(12)11-9-10-6(5-16-9)4-8(13)14/h2-3,5H,4H2,1H3,(H,13,14)(H,10,11,12)/b3-2+. The van der Waals surface area contributed by atoms with Crippen molar-refractivity contribution in [3.8, 4) is 0 Å². The van der Waals surface area contributed by atoms with Gasteiger partial charge in [0, 0.05) is 11.5 Å². The molecule has 0 aliphatic rings. The number of hydrogen-bond acceptors (Lipinski definition) is 5. The van der Waals surface area contributed by atoms with Crippen molar-refractivity contribution in [1.29, 1.82) is 0 Å². The fraction of sp³-hybridized carbons (Fsp3) is 0.222. The number of thioether (sulfide) groups is 1. The Bertz CT molecular complexity index is 415. The SMILES string of the molecule is CS/C=C/C(=O)Nc1nc(CC(=O)O)cs1. The topological polar surface area (TPSA) is 79.3 Å². The zero-order chi connectivity index (χ0) is 12.0. The van der Waals surface area contributed by atoms with Gasteiger partial charge in [-0.1, -0.05) is 0 Å². The van der Waals surface area contributed by atoms with Crippen LogP contribution in [0.2, 0.25) is 0 Å². The van der Waals surface area contributed by atoms with E-state index in [-0.39, 0.29) is 12.3 Å². The van der Waals surface area contributed by atoms with Gasteiger partial charge in [-0.25, -0.2) is 4.98 Å². The van der Waals surface area contributed by atoms with Gasteiger partial charge in [0.05, 0.1) is 12.1 Å². The van der Waals surface area contributed by atoms with Crippen LogP contribution in [0.25, 0.3) is 0 Å². The Balaban J connectivity index is 2.55. The molecular formula is C9H10N2O3S2. The summed E-state index contributed by atoms with van der Waals surface area (Å²) in [6.07, 6.45) is 3.11. The van der Waals surface area contributed by atoms with E-state index in [2.05, 4.69) is 10.3 Å². The van der Waals surface area contributed by atoms with Gasteiger partial charge in [-0.05, 0) is 11.7 Å². The number of carboxylic acid groups (broad SMARTS) is 1. The summed E-state index contributed by atoms with van der Waals surface area (Å²) in [5.74, 6) is -1.21. The molecule has 0 aliphatic carbocycles. The minimum Gasteiger partial charge on any atom is -0.481 e. The maximum absolute atomic E-state index is 11.2. The van der Waals surface area contributed by atoms with Gasteiger partial charge in [-0.2, -0.15) is 0 Å². The van der Waals surface area contributed by atoms with Crippen LogP contribution < -0.4 is 5.32 Å². The maximum atomic E-state index is 11.2. The molecular weight excluding hydrogens is 248 g/mol. The predicted octanol–water partition coefficient (Wildman–Crippen LogP) is 1.59. The van der Waals surface area contributed by atoms with E-state index in [0.29, 0.717) is 10.8 Å². The smallest absolute Gasteiger partial charge is 0.309 e. The number of nitrogens with one attached hydrogen (secondary N) is 1. The van der Waals surface area contributed by atoms with E-state index in [0.717, 1.165) is 0 Å². The molecule has 0 bridgehead atoms. The molecule has 1 heterocycles. The third-order valence-corrected chi connectivity index (χ3v) is 2.68.